The standard InChI is InChI=1S/C14H26O4/c1-6-8-12(15)17-14(5,7-2)18-13(16)10-9-11(3)4/h11H,6-10H2,1-5H3. The van der Waals surface area contributed by atoms with Crippen LogP contribution < -0.4 is 0 Å². The van der Waals surface area contributed by atoms with E-state index in [0.717, 1.165) is 12.8 Å². The first kappa shape index (κ1) is 16.9. The molecule has 0 bridgehead atoms. The Labute approximate surface area is 110 Å². The summed E-state index contributed by atoms with van der Waals surface area (Å²) in [5, 5.41) is 0. The van der Waals surface area contributed by atoms with Crippen LogP contribution in [0.1, 0.15) is 66.7 Å². The van der Waals surface area contributed by atoms with Crippen LogP contribution in [0, 0.1) is 5.92 Å². The van der Waals surface area contributed by atoms with Gasteiger partial charge in [0.2, 0.25) is 0 Å². The van der Waals surface area contributed by atoms with Gasteiger partial charge in [0.05, 0.1) is 0 Å². The Morgan fingerprint density at radius 3 is 1.94 bits per heavy atom. The fraction of sp³-hybridized carbons (Fsp3) is 0.857. The molecule has 0 aliphatic carbocycles. The van der Waals surface area contributed by atoms with Gasteiger partial charge in [-0.2, -0.15) is 0 Å². The van der Waals surface area contributed by atoms with Crippen molar-refractivity contribution in [1.82, 2.24) is 0 Å². The van der Waals surface area contributed by atoms with E-state index >= 15 is 0 Å². The van der Waals surface area contributed by atoms with Gasteiger partial charge in [0.25, 0.3) is 5.79 Å². The molecule has 0 aromatic carbocycles. The highest BCUT2D eigenvalue weighted by atomic mass is 16.7. The molecule has 106 valence electrons. The lowest BCUT2D eigenvalue weighted by molar-refractivity contribution is -0.223. The highest BCUT2D eigenvalue weighted by molar-refractivity contribution is 5.71. The van der Waals surface area contributed by atoms with E-state index in [1.54, 1.807) is 6.92 Å². The second-order valence-corrected chi connectivity index (χ2v) is 5.12. The summed E-state index contributed by atoms with van der Waals surface area (Å²) in [4.78, 5) is 23.1. The van der Waals surface area contributed by atoms with Gasteiger partial charge in [0, 0.05) is 26.2 Å². The Morgan fingerprint density at radius 2 is 1.56 bits per heavy atom. The minimum Gasteiger partial charge on any atom is -0.423 e. The summed E-state index contributed by atoms with van der Waals surface area (Å²) in [6, 6.07) is 0. The van der Waals surface area contributed by atoms with E-state index < -0.39 is 5.79 Å². The minimum atomic E-state index is -1.12. The number of ether oxygens (including phenoxy) is 2. The Balaban J connectivity index is 4.29. The molecule has 0 saturated heterocycles. The maximum atomic E-state index is 11.6. The third kappa shape index (κ3) is 7.30. The number of esters is 2. The predicted molar refractivity (Wildman–Crippen MR) is 69.9 cm³/mol. The van der Waals surface area contributed by atoms with Crippen molar-refractivity contribution in [2.45, 2.75) is 72.5 Å². The summed E-state index contributed by atoms with van der Waals surface area (Å²) in [6.45, 7) is 9.46. The molecule has 0 aliphatic heterocycles. The third-order valence-corrected chi connectivity index (χ3v) is 2.68. The van der Waals surface area contributed by atoms with Crippen molar-refractivity contribution in [1.29, 1.82) is 0 Å². The molecule has 0 rings (SSSR count). The van der Waals surface area contributed by atoms with Gasteiger partial charge < -0.3 is 9.47 Å². The van der Waals surface area contributed by atoms with Crippen LogP contribution in [0.5, 0.6) is 0 Å². The zero-order valence-corrected chi connectivity index (χ0v) is 12.2. The molecule has 1 unspecified atom stereocenters. The topological polar surface area (TPSA) is 52.6 Å². The maximum absolute atomic E-state index is 11.6. The number of rotatable bonds is 8. The normalized spacial score (nSPS) is 14.1. The SMILES string of the molecule is CCCC(=O)OC(C)(CC)OC(=O)CCC(C)C. The minimum absolute atomic E-state index is 0.308. The van der Waals surface area contributed by atoms with Crippen LogP contribution >= 0.6 is 0 Å². The molecule has 0 aromatic heterocycles. The van der Waals surface area contributed by atoms with Crippen LogP contribution in [0.2, 0.25) is 0 Å². The molecule has 0 heterocycles. The van der Waals surface area contributed by atoms with Crippen LogP contribution in [0.3, 0.4) is 0 Å². The monoisotopic (exact) mass is 258 g/mol. The summed E-state index contributed by atoms with van der Waals surface area (Å²) < 4.78 is 10.5. The van der Waals surface area contributed by atoms with E-state index in [9.17, 15) is 9.59 Å². The average molecular weight is 258 g/mol. The molecule has 0 N–H and O–H groups in total. The van der Waals surface area contributed by atoms with Gasteiger partial charge in [-0.15, -0.1) is 0 Å². The van der Waals surface area contributed by atoms with E-state index in [-0.39, 0.29) is 11.9 Å². The Kier molecular flexibility index (Phi) is 7.64. The van der Waals surface area contributed by atoms with Gasteiger partial charge in [-0.3, -0.25) is 9.59 Å². The van der Waals surface area contributed by atoms with Gasteiger partial charge >= 0.3 is 11.9 Å². The van der Waals surface area contributed by atoms with Crippen molar-refractivity contribution in [3.8, 4) is 0 Å². The van der Waals surface area contributed by atoms with Crippen molar-refractivity contribution in [3.63, 3.8) is 0 Å². The molecule has 4 nitrogen and oxygen atoms in total. The van der Waals surface area contributed by atoms with E-state index in [4.69, 9.17) is 9.47 Å². The Bertz CT molecular complexity index is 273. The van der Waals surface area contributed by atoms with Crippen LogP contribution in [0.25, 0.3) is 0 Å². The lowest BCUT2D eigenvalue weighted by atomic mass is 10.1. The van der Waals surface area contributed by atoms with Gasteiger partial charge in [-0.25, -0.2) is 0 Å². The van der Waals surface area contributed by atoms with Crippen molar-refractivity contribution >= 4 is 11.9 Å². The Morgan fingerprint density at radius 1 is 1.06 bits per heavy atom. The van der Waals surface area contributed by atoms with E-state index in [2.05, 4.69) is 0 Å². The van der Waals surface area contributed by atoms with Gasteiger partial charge in [0.1, 0.15) is 0 Å². The number of hydrogen-bond acceptors (Lipinski definition) is 4. The molecule has 0 spiro atoms. The second kappa shape index (κ2) is 8.11. The fourth-order valence-corrected chi connectivity index (χ4v) is 1.36. The predicted octanol–water partition coefficient (Wildman–Crippen LogP) is 3.44. The largest absolute Gasteiger partial charge is 0.423 e. The molecular formula is C14H26O4. The summed E-state index contributed by atoms with van der Waals surface area (Å²) in [5.41, 5.74) is 0. The fourth-order valence-electron chi connectivity index (χ4n) is 1.36. The second-order valence-electron chi connectivity index (χ2n) is 5.12. The van der Waals surface area contributed by atoms with E-state index in [0.29, 0.717) is 25.2 Å². The number of carbonyl (C=O) groups excluding carboxylic acids is 2. The van der Waals surface area contributed by atoms with Crippen molar-refractivity contribution < 1.29 is 19.1 Å². The summed E-state index contributed by atoms with van der Waals surface area (Å²) in [6.07, 6.45) is 2.66. The van der Waals surface area contributed by atoms with Crippen LogP contribution in [-0.4, -0.2) is 17.7 Å². The van der Waals surface area contributed by atoms with Gasteiger partial charge in [-0.1, -0.05) is 27.7 Å². The quantitative estimate of drug-likeness (QED) is 0.494. The molecule has 18 heavy (non-hydrogen) atoms. The van der Waals surface area contributed by atoms with E-state index in [1.807, 2.05) is 27.7 Å². The third-order valence-electron chi connectivity index (χ3n) is 2.68. The van der Waals surface area contributed by atoms with Crippen LogP contribution in [0.4, 0.5) is 0 Å². The zero-order chi connectivity index (χ0) is 14.2. The van der Waals surface area contributed by atoms with Crippen molar-refractivity contribution in [3.05, 3.63) is 0 Å². The first-order valence-corrected chi connectivity index (χ1v) is 6.76. The zero-order valence-electron chi connectivity index (χ0n) is 12.2. The lowest BCUT2D eigenvalue weighted by Crippen LogP contribution is -2.36. The maximum Gasteiger partial charge on any atom is 0.309 e. The highest BCUT2D eigenvalue weighted by Crippen LogP contribution is 2.20. The van der Waals surface area contributed by atoms with Crippen LogP contribution in [-0.2, 0) is 19.1 Å². The molecule has 0 aliphatic rings. The summed E-state index contributed by atoms with van der Waals surface area (Å²) in [7, 11) is 0. The van der Waals surface area contributed by atoms with Gasteiger partial charge in [-0.05, 0) is 18.8 Å². The number of hydrogen-bond donors (Lipinski definition) is 0. The molecule has 0 aromatic rings. The molecule has 0 saturated carbocycles. The van der Waals surface area contributed by atoms with Crippen LogP contribution in [0.15, 0.2) is 0 Å². The van der Waals surface area contributed by atoms with Crippen molar-refractivity contribution in [2.75, 3.05) is 0 Å². The molecule has 4 heteroatoms. The average Bonchev–Trinajstić information content (AvgIpc) is 2.26. The lowest BCUT2D eigenvalue weighted by Gasteiger charge is -2.28. The molecular weight excluding hydrogens is 232 g/mol. The van der Waals surface area contributed by atoms with Crippen molar-refractivity contribution in [2.24, 2.45) is 5.92 Å². The smallest absolute Gasteiger partial charge is 0.309 e. The molecule has 0 amide bonds. The summed E-state index contributed by atoms with van der Waals surface area (Å²) in [5.74, 6) is -1.30. The van der Waals surface area contributed by atoms with Gasteiger partial charge in [0.15, 0.2) is 0 Å². The van der Waals surface area contributed by atoms with E-state index in [1.165, 1.54) is 0 Å². The Hall–Kier alpha value is -1.06. The first-order valence-electron chi connectivity index (χ1n) is 6.76. The molecule has 0 radical (unpaired) electrons. The highest BCUT2D eigenvalue weighted by Gasteiger charge is 2.30. The molecule has 1 atom stereocenters. The first-order chi connectivity index (χ1) is 8.33. The molecule has 0 fully saturated rings. The summed E-state index contributed by atoms with van der Waals surface area (Å²) >= 11 is 0. The number of carbonyl (C=O) groups is 2.